The molecule has 1 aromatic carbocycles. The molecule has 2 amide bonds. The molecule has 10 nitrogen and oxygen atoms in total. The summed E-state index contributed by atoms with van der Waals surface area (Å²) >= 11 is 1.22. The Kier molecular flexibility index (Phi) is 4.61. The van der Waals surface area contributed by atoms with Crippen molar-refractivity contribution in [1.82, 2.24) is 20.3 Å². The van der Waals surface area contributed by atoms with Crippen LogP contribution in [-0.2, 0) is 9.59 Å². The molecule has 0 saturated carbocycles. The molecule has 2 aromatic heterocycles. The van der Waals surface area contributed by atoms with E-state index in [0.717, 1.165) is 11.0 Å². The lowest BCUT2D eigenvalue weighted by Crippen LogP contribution is -2.15. The van der Waals surface area contributed by atoms with Crippen molar-refractivity contribution in [2.75, 3.05) is 23.5 Å². The predicted molar refractivity (Wildman–Crippen MR) is 86.0 cm³/mol. The molecule has 124 valence electrons. The van der Waals surface area contributed by atoms with Gasteiger partial charge in [0, 0.05) is 6.07 Å². The number of carbonyl (C=O) groups excluding carboxylic acids is 2. The van der Waals surface area contributed by atoms with Crippen LogP contribution in [0, 0.1) is 0 Å². The van der Waals surface area contributed by atoms with Gasteiger partial charge in [-0.25, -0.2) is 9.61 Å². The molecular formula is C13H12N6O4S. The van der Waals surface area contributed by atoms with Crippen molar-refractivity contribution in [2.24, 2.45) is 0 Å². The number of H-pyrrole nitrogens is 1. The highest BCUT2D eigenvalue weighted by Gasteiger charge is 2.14. The van der Waals surface area contributed by atoms with Crippen LogP contribution in [0.5, 0.6) is 5.75 Å². The molecule has 3 rings (SSSR count). The number of rotatable bonds is 7. The van der Waals surface area contributed by atoms with E-state index in [-0.39, 0.29) is 23.3 Å². The Morgan fingerprint density at radius 1 is 1.42 bits per heavy atom. The number of hydrogen-bond donors (Lipinski definition) is 3. The zero-order chi connectivity index (χ0) is 16.9. The van der Waals surface area contributed by atoms with Gasteiger partial charge in [0.05, 0.1) is 23.9 Å². The molecule has 0 spiro atoms. The van der Waals surface area contributed by atoms with E-state index in [2.05, 4.69) is 35.5 Å². The van der Waals surface area contributed by atoms with E-state index in [0.29, 0.717) is 17.3 Å². The van der Waals surface area contributed by atoms with Gasteiger partial charge in [-0.1, -0.05) is 11.8 Å². The average molecular weight is 348 g/mol. The second-order valence-corrected chi connectivity index (χ2v) is 5.45. The highest BCUT2D eigenvalue weighted by molar-refractivity contribution is 7.99. The molecular weight excluding hydrogens is 336 g/mol. The molecule has 3 aromatic rings. The van der Waals surface area contributed by atoms with Crippen molar-refractivity contribution >= 4 is 46.7 Å². The smallest absolute Gasteiger partial charge is 0.236 e. The van der Waals surface area contributed by atoms with Crippen molar-refractivity contribution in [1.29, 1.82) is 0 Å². The highest BCUT2D eigenvalue weighted by atomic mass is 32.2. The summed E-state index contributed by atoms with van der Waals surface area (Å²) in [6.07, 6.45) is 0.409. The summed E-state index contributed by atoms with van der Waals surface area (Å²) < 4.78 is 9.60. The van der Waals surface area contributed by atoms with E-state index in [4.69, 9.17) is 4.74 Å². The van der Waals surface area contributed by atoms with E-state index in [1.807, 2.05) is 18.2 Å². The summed E-state index contributed by atoms with van der Waals surface area (Å²) in [5, 5.41) is 12.3. The van der Waals surface area contributed by atoms with E-state index in [9.17, 15) is 9.59 Å². The van der Waals surface area contributed by atoms with Crippen LogP contribution >= 0.6 is 11.8 Å². The molecule has 0 aliphatic rings. The van der Waals surface area contributed by atoms with E-state index in [1.165, 1.54) is 11.8 Å². The number of nitrogens with zero attached hydrogens (tertiary/aromatic N) is 3. The lowest BCUT2D eigenvalue weighted by molar-refractivity contribution is -0.114. The number of thioether (sulfide) groups is 1. The first-order chi connectivity index (χ1) is 11.7. The molecule has 3 N–H and O–H groups in total. The average Bonchev–Trinajstić information content (AvgIpc) is 3.19. The van der Waals surface area contributed by atoms with Gasteiger partial charge in [0.25, 0.3) is 0 Å². The monoisotopic (exact) mass is 348 g/mol. The van der Waals surface area contributed by atoms with Crippen molar-refractivity contribution in [3.8, 4) is 5.75 Å². The van der Waals surface area contributed by atoms with Crippen LogP contribution in [0.3, 0.4) is 0 Å². The summed E-state index contributed by atoms with van der Waals surface area (Å²) in [6.45, 7) is 0. The number of amides is 2. The first-order valence-electron chi connectivity index (χ1n) is 6.68. The van der Waals surface area contributed by atoms with Crippen LogP contribution in [0.1, 0.15) is 0 Å². The summed E-state index contributed by atoms with van der Waals surface area (Å²) in [5.74, 6) is 0.544. The number of nitrogens with one attached hydrogen (secondary N) is 3. The third kappa shape index (κ3) is 3.46. The minimum absolute atomic E-state index is 0.0409. The molecule has 0 atom stereocenters. The molecule has 2 heterocycles. The van der Waals surface area contributed by atoms with Gasteiger partial charge in [0.15, 0.2) is 5.16 Å². The van der Waals surface area contributed by atoms with Gasteiger partial charge in [-0.2, -0.15) is 0 Å². The van der Waals surface area contributed by atoms with Gasteiger partial charge in [0.2, 0.25) is 24.0 Å². The lowest BCUT2D eigenvalue weighted by atomic mass is 10.3. The van der Waals surface area contributed by atoms with Crippen LogP contribution in [0.4, 0.5) is 11.6 Å². The molecule has 0 fully saturated rings. The van der Waals surface area contributed by atoms with Crippen molar-refractivity contribution in [2.45, 2.75) is 5.16 Å². The van der Waals surface area contributed by atoms with E-state index in [1.54, 1.807) is 7.11 Å². The van der Waals surface area contributed by atoms with Crippen LogP contribution in [-0.4, -0.2) is 45.5 Å². The maximum atomic E-state index is 11.9. The maximum Gasteiger partial charge on any atom is 0.236 e. The number of methoxy groups -OCH3 is 1. The molecule has 24 heavy (non-hydrogen) atoms. The maximum absolute atomic E-state index is 11.9. The number of benzene rings is 1. The first kappa shape index (κ1) is 15.8. The standard InChI is InChI=1S/C13H12N6O4S/c1-22-7-2-3-8-9(4-7)16-13(15-8)24-5-10(21)17-12-11(14-6-20)18-23-19-12/h2-4,6H,5H2,1H3,(H,15,16)(H,14,18,20)(H,17,19,21). The fraction of sp³-hybridized carbons (Fsp3) is 0.154. The number of anilines is 2. The Morgan fingerprint density at radius 3 is 3.04 bits per heavy atom. The molecule has 0 aliphatic carbocycles. The summed E-state index contributed by atoms with van der Waals surface area (Å²) in [4.78, 5) is 29.8. The van der Waals surface area contributed by atoms with Gasteiger partial charge in [-0.15, -0.1) is 0 Å². The Labute approximate surface area is 139 Å². The Balaban J connectivity index is 1.61. The van der Waals surface area contributed by atoms with Crippen LogP contribution < -0.4 is 15.4 Å². The van der Waals surface area contributed by atoms with Gasteiger partial charge in [-0.3, -0.25) is 9.59 Å². The minimum Gasteiger partial charge on any atom is -0.497 e. The Bertz CT molecular complexity index is 876. The van der Waals surface area contributed by atoms with Gasteiger partial charge < -0.3 is 20.4 Å². The topological polar surface area (TPSA) is 135 Å². The largest absolute Gasteiger partial charge is 0.497 e. The number of ether oxygens (including phenoxy) is 1. The normalized spacial score (nSPS) is 10.5. The zero-order valence-electron chi connectivity index (χ0n) is 12.4. The van der Waals surface area contributed by atoms with Crippen LogP contribution in [0.25, 0.3) is 11.0 Å². The van der Waals surface area contributed by atoms with Crippen molar-refractivity contribution in [3.05, 3.63) is 18.2 Å². The molecule has 0 unspecified atom stereocenters. The fourth-order valence-electron chi connectivity index (χ4n) is 1.88. The summed E-state index contributed by atoms with van der Waals surface area (Å²) in [7, 11) is 1.59. The lowest BCUT2D eigenvalue weighted by Gasteiger charge is -2.00. The fourth-order valence-corrected chi connectivity index (χ4v) is 2.57. The third-order valence-corrected chi connectivity index (χ3v) is 3.82. The van der Waals surface area contributed by atoms with Crippen LogP contribution in [0.2, 0.25) is 0 Å². The number of aromatic amines is 1. The number of imidazole rings is 1. The quantitative estimate of drug-likeness (QED) is 0.429. The molecule has 11 heteroatoms. The van der Waals surface area contributed by atoms with Crippen molar-refractivity contribution < 1.29 is 19.0 Å². The zero-order valence-corrected chi connectivity index (χ0v) is 13.2. The SMILES string of the molecule is COc1ccc2nc(SCC(=O)Nc3nonc3NC=O)[nH]c2c1. The number of hydrogen-bond acceptors (Lipinski definition) is 8. The summed E-state index contributed by atoms with van der Waals surface area (Å²) in [5.41, 5.74) is 1.59. The second kappa shape index (κ2) is 7.00. The summed E-state index contributed by atoms with van der Waals surface area (Å²) in [6, 6.07) is 5.46. The molecule has 0 radical (unpaired) electrons. The van der Waals surface area contributed by atoms with Crippen LogP contribution in [0.15, 0.2) is 28.0 Å². The number of fused-ring (bicyclic) bond motifs is 1. The highest BCUT2D eigenvalue weighted by Crippen LogP contribution is 2.23. The molecule has 0 saturated heterocycles. The Hall–Kier alpha value is -3.08. The first-order valence-corrected chi connectivity index (χ1v) is 7.67. The number of aromatic nitrogens is 4. The second-order valence-electron chi connectivity index (χ2n) is 4.49. The predicted octanol–water partition coefficient (Wildman–Crippen LogP) is 1.25. The van der Waals surface area contributed by atoms with Gasteiger partial charge >= 0.3 is 0 Å². The van der Waals surface area contributed by atoms with E-state index >= 15 is 0 Å². The number of carbonyl (C=O) groups is 2. The molecule has 0 aliphatic heterocycles. The van der Waals surface area contributed by atoms with Gasteiger partial charge in [0.1, 0.15) is 5.75 Å². The Morgan fingerprint density at radius 2 is 2.25 bits per heavy atom. The van der Waals surface area contributed by atoms with Crippen molar-refractivity contribution in [3.63, 3.8) is 0 Å². The molecule has 0 bridgehead atoms. The minimum atomic E-state index is -0.345. The third-order valence-electron chi connectivity index (χ3n) is 2.95. The van der Waals surface area contributed by atoms with Gasteiger partial charge in [-0.05, 0) is 22.4 Å². The van der Waals surface area contributed by atoms with E-state index < -0.39 is 0 Å².